The largest absolute Gasteiger partial charge is 0.377 e. The van der Waals surface area contributed by atoms with Gasteiger partial charge in [-0.3, -0.25) is 0 Å². The number of nitrogens with two attached hydrogens (primary N) is 1. The zero-order valence-electron chi connectivity index (χ0n) is 12.5. The van der Waals surface area contributed by atoms with Crippen molar-refractivity contribution in [2.45, 2.75) is 30.8 Å². The fraction of sp³-hybridized carbons (Fsp3) is 0.600. The molecule has 0 saturated carbocycles. The van der Waals surface area contributed by atoms with Crippen LogP contribution in [-0.2, 0) is 14.6 Å². The van der Waals surface area contributed by atoms with Crippen molar-refractivity contribution in [1.29, 1.82) is 0 Å². The van der Waals surface area contributed by atoms with Crippen molar-refractivity contribution in [2.75, 3.05) is 36.9 Å². The third kappa shape index (κ3) is 4.18. The van der Waals surface area contributed by atoms with Gasteiger partial charge >= 0.3 is 0 Å². The molecule has 21 heavy (non-hydrogen) atoms. The number of anilines is 1. The lowest BCUT2D eigenvalue weighted by atomic mass is 10.1. The monoisotopic (exact) mass is 312 g/mol. The minimum atomic E-state index is -3.12. The summed E-state index contributed by atoms with van der Waals surface area (Å²) < 4.78 is 29.2. The number of ether oxygens (including phenoxy) is 1. The third-order valence-corrected chi connectivity index (χ3v) is 5.60. The Hall–Kier alpha value is -1.11. The Kier molecular flexibility index (Phi) is 5.61. The fourth-order valence-corrected chi connectivity index (χ4v) is 3.43. The van der Waals surface area contributed by atoms with Crippen LogP contribution in [0.1, 0.15) is 19.8 Å². The summed E-state index contributed by atoms with van der Waals surface area (Å²) in [6.45, 7) is 4.70. The lowest BCUT2D eigenvalue weighted by Crippen LogP contribution is -2.37. The molecular formula is C15H24N2O3S. The Morgan fingerprint density at radius 2 is 1.86 bits per heavy atom. The van der Waals surface area contributed by atoms with Gasteiger partial charge in [0.05, 0.1) is 23.4 Å². The van der Waals surface area contributed by atoms with Crippen molar-refractivity contribution in [3.63, 3.8) is 0 Å². The Balaban J connectivity index is 1.95. The summed E-state index contributed by atoms with van der Waals surface area (Å²) in [6.07, 6.45) is 2.26. The molecule has 1 aliphatic heterocycles. The number of rotatable bonds is 6. The van der Waals surface area contributed by atoms with Crippen molar-refractivity contribution in [2.24, 2.45) is 5.73 Å². The first-order valence-electron chi connectivity index (χ1n) is 7.46. The van der Waals surface area contributed by atoms with E-state index in [1.54, 1.807) is 19.1 Å². The number of benzene rings is 1. The number of hydrogen-bond acceptors (Lipinski definition) is 5. The highest BCUT2D eigenvalue weighted by Gasteiger charge is 2.20. The molecule has 2 rings (SSSR count). The van der Waals surface area contributed by atoms with E-state index in [1.807, 2.05) is 12.1 Å². The molecule has 0 radical (unpaired) electrons. The van der Waals surface area contributed by atoms with E-state index in [-0.39, 0.29) is 5.75 Å². The highest BCUT2D eigenvalue weighted by molar-refractivity contribution is 7.91. The molecule has 118 valence electrons. The van der Waals surface area contributed by atoms with Crippen LogP contribution in [0.25, 0.3) is 0 Å². The van der Waals surface area contributed by atoms with E-state index < -0.39 is 9.84 Å². The highest BCUT2D eigenvalue weighted by atomic mass is 32.2. The van der Waals surface area contributed by atoms with E-state index >= 15 is 0 Å². The molecule has 2 N–H and O–H groups in total. The second kappa shape index (κ2) is 7.24. The zero-order chi connectivity index (χ0) is 15.3. The van der Waals surface area contributed by atoms with E-state index in [0.717, 1.165) is 31.6 Å². The minimum Gasteiger partial charge on any atom is -0.377 e. The van der Waals surface area contributed by atoms with E-state index in [4.69, 9.17) is 10.5 Å². The molecule has 0 unspecified atom stereocenters. The van der Waals surface area contributed by atoms with Crippen molar-refractivity contribution >= 4 is 15.5 Å². The van der Waals surface area contributed by atoms with Gasteiger partial charge < -0.3 is 15.4 Å². The van der Waals surface area contributed by atoms with Crippen LogP contribution in [0.3, 0.4) is 0 Å². The molecule has 6 heteroatoms. The Morgan fingerprint density at radius 1 is 1.24 bits per heavy atom. The number of hydrogen-bond donors (Lipinski definition) is 1. The predicted molar refractivity (Wildman–Crippen MR) is 84.4 cm³/mol. The van der Waals surface area contributed by atoms with Gasteiger partial charge in [-0.05, 0) is 37.1 Å². The Morgan fingerprint density at radius 3 is 2.38 bits per heavy atom. The fourth-order valence-electron chi connectivity index (χ4n) is 2.55. The van der Waals surface area contributed by atoms with Gasteiger partial charge in [0.15, 0.2) is 9.84 Å². The van der Waals surface area contributed by atoms with Crippen LogP contribution in [0.5, 0.6) is 0 Å². The van der Waals surface area contributed by atoms with Gasteiger partial charge in [-0.2, -0.15) is 0 Å². The van der Waals surface area contributed by atoms with Gasteiger partial charge in [-0.25, -0.2) is 8.42 Å². The molecule has 0 spiro atoms. The molecule has 0 aliphatic carbocycles. The lowest BCUT2D eigenvalue weighted by molar-refractivity contribution is 0.0422. The van der Waals surface area contributed by atoms with Gasteiger partial charge in [-0.15, -0.1) is 0 Å². The van der Waals surface area contributed by atoms with E-state index in [0.29, 0.717) is 24.2 Å². The molecule has 5 nitrogen and oxygen atoms in total. The number of nitrogens with zero attached hydrogens (tertiary/aromatic N) is 1. The van der Waals surface area contributed by atoms with Gasteiger partial charge in [0, 0.05) is 25.3 Å². The topological polar surface area (TPSA) is 72.6 Å². The molecule has 1 heterocycles. The third-order valence-electron chi connectivity index (χ3n) is 3.85. The van der Waals surface area contributed by atoms with Crippen LogP contribution in [0, 0.1) is 0 Å². The standard InChI is InChI=1S/C15H24N2O3S/c1-2-21(18,19)15-5-3-13(4-6-15)17-10-7-14(8-11-17)20-12-9-16/h3-6,14H,2,7-12,16H2,1H3. The Bertz CT molecular complexity index is 535. The molecule has 1 aromatic carbocycles. The van der Waals surface area contributed by atoms with E-state index in [2.05, 4.69) is 4.90 Å². The second-order valence-electron chi connectivity index (χ2n) is 5.24. The minimum absolute atomic E-state index is 0.135. The molecule has 1 fully saturated rings. The maximum atomic E-state index is 11.8. The molecule has 0 aromatic heterocycles. The highest BCUT2D eigenvalue weighted by Crippen LogP contribution is 2.23. The van der Waals surface area contributed by atoms with Crippen molar-refractivity contribution in [1.82, 2.24) is 0 Å². The summed E-state index contributed by atoms with van der Waals surface area (Å²) in [6, 6.07) is 7.18. The maximum absolute atomic E-state index is 11.8. The SMILES string of the molecule is CCS(=O)(=O)c1ccc(N2CCC(OCCN)CC2)cc1. The van der Waals surface area contributed by atoms with Crippen molar-refractivity contribution in [3.8, 4) is 0 Å². The van der Waals surface area contributed by atoms with E-state index in [1.165, 1.54) is 0 Å². The first-order valence-corrected chi connectivity index (χ1v) is 9.11. The first-order chi connectivity index (χ1) is 10.1. The summed E-state index contributed by atoms with van der Waals surface area (Å²) in [5.74, 6) is 0.135. The normalized spacial score (nSPS) is 17.1. The second-order valence-corrected chi connectivity index (χ2v) is 7.52. The Labute approximate surface area is 127 Å². The molecule has 1 aromatic rings. The smallest absolute Gasteiger partial charge is 0.178 e. The van der Waals surface area contributed by atoms with E-state index in [9.17, 15) is 8.42 Å². The quantitative estimate of drug-likeness (QED) is 0.860. The summed E-state index contributed by atoms with van der Waals surface area (Å²) >= 11 is 0. The van der Waals surface area contributed by atoms with Gasteiger partial charge in [0.2, 0.25) is 0 Å². The van der Waals surface area contributed by atoms with Crippen LogP contribution < -0.4 is 10.6 Å². The molecule has 1 aliphatic rings. The lowest BCUT2D eigenvalue weighted by Gasteiger charge is -2.33. The molecule has 1 saturated heterocycles. The van der Waals surface area contributed by atoms with Crippen molar-refractivity contribution < 1.29 is 13.2 Å². The summed E-state index contributed by atoms with van der Waals surface area (Å²) in [7, 11) is -3.12. The molecule has 0 amide bonds. The zero-order valence-corrected chi connectivity index (χ0v) is 13.3. The summed E-state index contributed by atoms with van der Waals surface area (Å²) in [5.41, 5.74) is 6.51. The van der Waals surface area contributed by atoms with Crippen LogP contribution in [-0.4, -0.2) is 46.5 Å². The molecule has 0 atom stereocenters. The van der Waals surface area contributed by atoms with Gasteiger partial charge in [-0.1, -0.05) is 6.92 Å². The summed E-state index contributed by atoms with van der Waals surface area (Å²) in [4.78, 5) is 2.67. The first kappa shape index (κ1) is 16.3. The van der Waals surface area contributed by atoms with Crippen LogP contribution >= 0.6 is 0 Å². The average Bonchev–Trinajstić information content (AvgIpc) is 2.53. The van der Waals surface area contributed by atoms with Crippen molar-refractivity contribution in [3.05, 3.63) is 24.3 Å². The maximum Gasteiger partial charge on any atom is 0.178 e. The predicted octanol–water partition coefficient (Wildman–Crippen LogP) is 1.42. The van der Waals surface area contributed by atoms with Gasteiger partial charge in [0.25, 0.3) is 0 Å². The van der Waals surface area contributed by atoms with Crippen LogP contribution in [0.15, 0.2) is 29.2 Å². The summed E-state index contributed by atoms with van der Waals surface area (Å²) in [5, 5.41) is 0. The average molecular weight is 312 g/mol. The molecule has 0 bridgehead atoms. The van der Waals surface area contributed by atoms with Crippen LogP contribution in [0.4, 0.5) is 5.69 Å². The number of sulfone groups is 1. The molecular weight excluding hydrogens is 288 g/mol. The number of piperidine rings is 1. The van der Waals surface area contributed by atoms with Crippen LogP contribution in [0.2, 0.25) is 0 Å². The van der Waals surface area contributed by atoms with Gasteiger partial charge in [0.1, 0.15) is 0 Å².